The van der Waals surface area contributed by atoms with Gasteiger partial charge in [-0.2, -0.15) is 4.52 Å². The minimum atomic E-state index is 0.456. The van der Waals surface area contributed by atoms with Crippen molar-refractivity contribution in [3.8, 4) is 11.6 Å². The predicted molar refractivity (Wildman–Crippen MR) is 63.0 cm³/mol. The molecular formula is C11H10N6O. The summed E-state index contributed by atoms with van der Waals surface area (Å²) in [5, 5.41) is 11.2. The first-order valence-electron chi connectivity index (χ1n) is 5.36. The Balaban J connectivity index is 1.93. The Labute approximate surface area is 102 Å². The van der Waals surface area contributed by atoms with Crippen molar-refractivity contribution >= 4 is 5.65 Å². The summed E-state index contributed by atoms with van der Waals surface area (Å²) in [6, 6.07) is 7.49. The van der Waals surface area contributed by atoms with Gasteiger partial charge in [0.1, 0.15) is 5.75 Å². The Morgan fingerprint density at radius 3 is 2.78 bits per heavy atom. The van der Waals surface area contributed by atoms with Crippen molar-refractivity contribution in [1.82, 2.24) is 25.0 Å². The van der Waals surface area contributed by atoms with Gasteiger partial charge in [-0.05, 0) is 28.1 Å². The maximum atomic E-state index is 5.67. The lowest BCUT2D eigenvalue weighted by atomic mass is 10.2. The topological polar surface area (TPSA) is 91.2 Å². The predicted octanol–water partition coefficient (Wildman–Crippen LogP) is 0.770. The van der Waals surface area contributed by atoms with E-state index in [0.29, 0.717) is 23.8 Å². The number of nitrogens with zero attached hydrogens (tertiary/aromatic N) is 5. The monoisotopic (exact) mass is 242 g/mol. The van der Waals surface area contributed by atoms with Crippen LogP contribution in [0.2, 0.25) is 0 Å². The summed E-state index contributed by atoms with van der Waals surface area (Å²) in [6.07, 6.45) is 3.12. The second-order valence-electron chi connectivity index (χ2n) is 3.64. The van der Waals surface area contributed by atoms with E-state index in [1.165, 1.54) is 4.52 Å². The van der Waals surface area contributed by atoms with E-state index >= 15 is 0 Å². The number of hydrogen-bond acceptors (Lipinski definition) is 6. The van der Waals surface area contributed by atoms with Crippen molar-refractivity contribution in [1.29, 1.82) is 0 Å². The van der Waals surface area contributed by atoms with Crippen LogP contribution in [0.1, 0.15) is 5.56 Å². The number of fused-ring (bicyclic) bond motifs is 1. The maximum absolute atomic E-state index is 5.67. The highest BCUT2D eigenvalue weighted by Gasteiger charge is 2.05. The van der Waals surface area contributed by atoms with Crippen LogP contribution in [0.15, 0.2) is 36.7 Å². The molecule has 3 aromatic rings. The van der Waals surface area contributed by atoms with Crippen LogP contribution < -0.4 is 10.5 Å². The first kappa shape index (κ1) is 10.6. The largest absolute Gasteiger partial charge is 0.437 e. The van der Waals surface area contributed by atoms with E-state index < -0.39 is 0 Å². The summed E-state index contributed by atoms with van der Waals surface area (Å²) in [5.74, 6) is 1.13. The molecule has 0 bridgehead atoms. The lowest BCUT2D eigenvalue weighted by Gasteiger charge is -2.06. The molecule has 18 heavy (non-hydrogen) atoms. The molecule has 0 saturated heterocycles. The van der Waals surface area contributed by atoms with E-state index in [9.17, 15) is 0 Å². The molecule has 0 amide bonds. The van der Waals surface area contributed by atoms with Crippen LogP contribution >= 0.6 is 0 Å². The summed E-state index contributed by atoms with van der Waals surface area (Å²) in [5.41, 5.74) is 7.11. The van der Waals surface area contributed by atoms with Crippen LogP contribution in [-0.2, 0) is 6.54 Å². The lowest BCUT2D eigenvalue weighted by molar-refractivity contribution is 0.442. The van der Waals surface area contributed by atoms with Gasteiger partial charge in [-0.15, -0.1) is 5.10 Å². The zero-order chi connectivity index (χ0) is 12.4. The number of aromatic nitrogens is 5. The molecule has 7 nitrogen and oxygen atoms in total. The van der Waals surface area contributed by atoms with Crippen LogP contribution in [0, 0.1) is 0 Å². The quantitative estimate of drug-likeness (QED) is 0.729. The van der Waals surface area contributed by atoms with Crippen LogP contribution in [0.3, 0.4) is 0 Å². The number of hydrogen-bond donors (Lipinski definition) is 1. The average molecular weight is 242 g/mol. The van der Waals surface area contributed by atoms with Gasteiger partial charge in [-0.25, -0.2) is 0 Å². The second-order valence-corrected chi connectivity index (χ2v) is 3.64. The molecule has 7 heteroatoms. The van der Waals surface area contributed by atoms with Crippen molar-refractivity contribution < 1.29 is 4.74 Å². The summed E-state index contributed by atoms with van der Waals surface area (Å²) in [7, 11) is 0. The van der Waals surface area contributed by atoms with Crippen LogP contribution in [0.25, 0.3) is 5.65 Å². The van der Waals surface area contributed by atoms with Gasteiger partial charge in [0.25, 0.3) is 0 Å². The van der Waals surface area contributed by atoms with Crippen LogP contribution in [0.4, 0.5) is 0 Å². The van der Waals surface area contributed by atoms with E-state index in [-0.39, 0.29) is 0 Å². The smallest absolute Gasteiger partial charge is 0.242 e. The Morgan fingerprint density at radius 1 is 1.17 bits per heavy atom. The van der Waals surface area contributed by atoms with E-state index in [1.54, 1.807) is 12.4 Å². The highest BCUT2D eigenvalue weighted by Crippen LogP contribution is 2.20. The fourth-order valence-corrected chi connectivity index (χ4v) is 1.54. The van der Waals surface area contributed by atoms with Gasteiger partial charge in [-0.3, -0.25) is 4.98 Å². The molecule has 0 atom stereocenters. The molecular weight excluding hydrogens is 232 g/mol. The molecule has 2 aromatic heterocycles. The number of ether oxygens (including phenoxy) is 1. The third-order valence-electron chi connectivity index (χ3n) is 2.46. The van der Waals surface area contributed by atoms with Crippen LogP contribution in [-0.4, -0.2) is 25.0 Å². The van der Waals surface area contributed by atoms with Crippen molar-refractivity contribution in [2.75, 3.05) is 0 Å². The van der Waals surface area contributed by atoms with Gasteiger partial charge in [0, 0.05) is 6.54 Å². The number of tetrazole rings is 1. The third kappa shape index (κ3) is 1.87. The zero-order valence-electron chi connectivity index (χ0n) is 9.39. The standard InChI is InChI=1S/C11H10N6O/c12-5-8-1-3-9(4-2-8)18-11-7-13-6-10-14-15-16-17(10)11/h1-4,6-7H,5,12H2. The Kier molecular flexibility index (Phi) is 2.58. The molecule has 0 aliphatic carbocycles. The van der Waals surface area contributed by atoms with E-state index in [1.807, 2.05) is 24.3 Å². The van der Waals surface area contributed by atoms with Gasteiger partial charge < -0.3 is 10.5 Å². The summed E-state index contributed by atoms with van der Waals surface area (Å²) in [6.45, 7) is 0.504. The molecule has 90 valence electrons. The Morgan fingerprint density at radius 2 is 2.00 bits per heavy atom. The number of benzene rings is 1. The van der Waals surface area contributed by atoms with Crippen molar-refractivity contribution in [3.05, 3.63) is 42.2 Å². The summed E-state index contributed by atoms with van der Waals surface area (Å²) >= 11 is 0. The minimum absolute atomic E-state index is 0.456. The normalized spacial score (nSPS) is 10.7. The molecule has 1 aromatic carbocycles. The fraction of sp³-hybridized carbons (Fsp3) is 0.0909. The molecule has 0 unspecified atom stereocenters. The Bertz CT molecular complexity index is 663. The highest BCUT2D eigenvalue weighted by atomic mass is 16.5. The maximum Gasteiger partial charge on any atom is 0.242 e. The lowest BCUT2D eigenvalue weighted by Crippen LogP contribution is -1.98. The van der Waals surface area contributed by atoms with E-state index in [4.69, 9.17) is 10.5 Å². The highest BCUT2D eigenvalue weighted by molar-refractivity contribution is 5.36. The van der Waals surface area contributed by atoms with Gasteiger partial charge in [0.15, 0.2) is 0 Å². The zero-order valence-corrected chi connectivity index (χ0v) is 9.39. The molecule has 0 aliphatic heterocycles. The molecule has 0 radical (unpaired) electrons. The van der Waals surface area contributed by atoms with Gasteiger partial charge >= 0.3 is 0 Å². The third-order valence-corrected chi connectivity index (χ3v) is 2.46. The molecule has 0 spiro atoms. The first-order chi connectivity index (χ1) is 8.86. The number of rotatable bonds is 3. The molecule has 0 fully saturated rings. The average Bonchev–Trinajstić information content (AvgIpc) is 2.89. The molecule has 3 rings (SSSR count). The van der Waals surface area contributed by atoms with Crippen LogP contribution in [0.5, 0.6) is 11.6 Å². The van der Waals surface area contributed by atoms with E-state index in [2.05, 4.69) is 20.5 Å². The van der Waals surface area contributed by atoms with Crippen molar-refractivity contribution in [2.45, 2.75) is 6.54 Å². The molecule has 0 saturated carbocycles. The number of nitrogens with two attached hydrogens (primary N) is 1. The second kappa shape index (κ2) is 4.38. The van der Waals surface area contributed by atoms with Gasteiger partial charge in [0.2, 0.25) is 11.5 Å². The van der Waals surface area contributed by atoms with Crippen molar-refractivity contribution in [2.24, 2.45) is 5.73 Å². The van der Waals surface area contributed by atoms with Crippen molar-refractivity contribution in [3.63, 3.8) is 0 Å². The molecule has 2 N–H and O–H groups in total. The SMILES string of the molecule is NCc1ccc(Oc2cncc3nnnn23)cc1. The molecule has 0 aliphatic rings. The Hall–Kier alpha value is -2.54. The van der Waals surface area contributed by atoms with Gasteiger partial charge in [-0.1, -0.05) is 12.1 Å². The summed E-state index contributed by atoms with van der Waals surface area (Å²) < 4.78 is 7.14. The van der Waals surface area contributed by atoms with Gasteiger partial charge in [0.05, 0.1) is 12.4 Å². The molecule has 2 heterocycles. The summed E-state index contributed by atoms with van der Waals surface area (Å²) in [4.78, 5) is 4.01. The minimum Gasteiger partial charge on any atom is -0.437 e. The first-order valence-corrected chi connectivity index (χ1v) is 5.36. The van der Waals surface area contributed by atoms with E-state index in [0.717, 1.165) is 5.56 Å². The fourth-order valence-electron chi connectivity index (χ4n) is 1.54.